The zero-order chi connectivity index (χ0) is 10.8. The van der Waals surface area contributed by atoms with Crippen molar-refractivity contribution in [1.82, 2.24) is 5.32 Å². The predicted octanol–water partition coefficient (Wildman–Crippen LogP) is 1.82. The molecule has 1 aromatic rings. The molecule has 0 radical (unpaired) electrons. The Morgan fingerprint density at radius 3 is 2.21 bits per heavy atom. The SMILES string of the molecule is CNC(C)(C)C(N)c1ccc(F)cc1. The molecule has 1 aromatic carbocycles. The Morgan fingerprint density at radius 2 is 1.79 bits per heavy atom. The fraction of sp³-hybridized carbons (Fsp3) is 0.455. The molecule has 0 saturated heterocycles. The van der Waals surface area contributed by atoms with Crippen molar-refractivity contribution < 1.29 is 4.39 Å². The van der Waals surface area contributed by atoms with Crippen molar-refractivity contribution in [2.45, 2.75) is 25.4 Å². The van der Waals surface area contributed by atoms with E-state index >= 15 is 0 Å². The molecule has 0 amide bonds. The minimum absolute atomic E-state index is 0.145. The summed E-state index contributed by atoms with van der Waals surface area (Å²) in [4.78, 5) is 0. The molecule has 0 aromatic heterocycles. The highest BCUT2D eigenvalue weighted by atomic mass is 19.1. The van der Waals surface area contributed by atoms with Crippen molar-refractivity contribution in [3.05, 3.63) is 35.6 Å². The highest BCUT2D eigenvalue weighted by molar-refractivity contribution is 5.22. The average Bonchev–Trinajstić information content (AvgIpc) is 2.18. The van der Waals surface area contributed by atoms with Gasteiger partial charge in [0.15, 0.2) is 0 Å². The number of hydrogen-bond acceptors (Lipinski definition) is 2. The van der Waals surface area contributed by atoms with E-state index in [1.165, 1.54) is 12.1 Å². The van der Waals surface area contributed by atoms with Crippen LogP contribution in [0, 0.1) is 5.82 Å². The Morgan fingerprint density at radius 1 is 1.29 bits per heavy atom. The maximum absolute atomic E-state index is 12.7. The van der Waals surface area contributed by atoms with Gasteiger partial charge in [0.05, 0.1) is 0 Å². The second-order valence-electron chi connectivity index (χ2n) is 4.00. The lowest BCUT2D eigenvalue weighted by atomic mass is 9.89. The first-order valence-electron chi connectivity index (χ1n) is 4.67. The summed E-state index contributed by atoms with van der Waals surface area (Å²) in [5.41, 5.74) is 6.79. The van der Waals surface area contributed by atoms with Gasteiger partial charge in [-0.15, -0.1) is 0 Å². The smallest absolute Gasteiger partial charge is 0.123 e. The molecule has 0 heterocycles. The van der Waals surface area contributed by atoms with E-state index in [0.717, 1.165) is 5.56 Å². The minimum Gasteiger partial charge on any atom is -0.322 e. The lowest BCUT2D eigenvalue weighted by Gasteiger charge is -2.31. The zero-order valence-corrected chi connectivity index (χ0v) is 8.84. The van der Waals surface area contributed by atoms with Crippen molar-refractivity contribution in [3.63, 3.8) is 0 Å². The molecule has 0 bridgehead atoms. The first-order valence-corrected chi connectivity index (χ1v) is 4.67. The summed E-state index contributed by atoms with van der Waals surface area (Å²) >= 11 is 0. The first-order chi connectivity index (χ1) is 6.47. The van der Waals surface area contributed by atoms with Crippen LogP contribution in [0.25, 0.3) is 0 Å². The van der Waals surface area contributed by atoms with Crippen molar-refractivity contribution >= 4 is 0 Å². The Bertz CT molecular complexity index is 293. The molecule has 2 nitrogen and oxygen atoms in total. The predicted molar refractivity (Wildman–Crippen MR) is 56.5 cm³/mol. The van der Waals surface area contributed by atoms with Crippen molar-refractivity contribution in [2.75, 3.05) is 7.05 Å². The van der Waals surface area contributed by atoms with Gasteiger partial charge >= 0.3 is 0 Å². The largest absolute Gasteiger partial charge is 0.322 e. The molecule has 1 rings (SSSR count). The van der Waals surface area contributed by atoms with E-state index in [9.17, 15) is 4.39 Å². The van der Waals surface area contributed by atoms with E-state index in [1.807, 2.05) is 20.9 Å². The van der Waals surface area contributed by atoms with Crippen molar-refractivity contribution in [3.8, 4) is 0 Å². The fourth-order valence-electron chi connectivity index (χ4n) is 1.24. The van der Waals surface area contributed by atoms with Gasteiger partial charge in [0.25, 0.3) is 0 Å². The molecule has 1 unspecified atom stereocenters. The summed E-state index contributed by atoms with van der Waals surface area (Å²) in [5, 5.41) is 3.14. The summed E-state index contributed by atoms with van der Waals surface area (Å²) < 4.78 is 12.7. The Hall–Kier alpha value is -0.930. The average molecular weight is 196 g/mol. The van der Waals surface area contributed by atoms with E-state index < -0.39 is 0 Å². The van der Waals surface area contributed by atoms with E-state index in [2.05, 4.69) is 5.32 Å². The van der Waals surface area contributed by atoms with Gasteiger partial charge in [-0.1, -0.05) is 12.1 Å². The third-order valence-electron chi connectivity index (χ3n) is 2.65. The van der Waals surface area contributed by atoms with Gasteiger partial charge in [-0.2, -0.15) is 0 Å². The van der Waals surface area contributed by atoms with E-state index in [-0.39, 0.29) is 17.4 Å². The van der Waals surface area contributed by atoms with Gasteiger partial charge in [0.1, 0.15) is 5.82 Å². The summed E-state index contributed by atoms with van der Waals surface area (Å²) in [7, 11) is 1.86. The maximum atomic E-state index is 12.7. The van der Waals surface area contributed by atoms with Crippen LogP contribution in [0.1, 0.15) is 25.5 Å². The molecule has 1 atom stereocenters. The van der Waals surface area contributed by atoms with Gasteiger partial charge in [-0.05, 0) is 38.6 Å². The Kier molecular flexibility index (Phi) is 3.24. The third-order valence-corrected chi connectivity index (χ3v) is 2.65. The summed E-state index contributed by atoms with van der Waals surface area (Å²) in [6.07, 6.45) is 0. The minimum atomic E-state index is -0.233. The van der Waals surface area contributed by atoms with Crippen LogP contribution >= 0.6 is 0 Å². The van der Waals surface area contributed by atoms with Gasteiger partial charge in [0, 0.05) is 11.6 Å². The van der Waals surface area contributed by atoms with Crippen LogP contribution < -0.4 is 11.1 Å². The number of hydrogen-bond donors (Lipinski definition) is 2. The highest BCUT2D eigenvalue weighted by Crippen LogP contribution is 2.22. The van der Waals surface area contributed by atoms with Crippen LogP contribution in [0.2, 0.25) is 0 Å². The summed E-state index contributed by atoms with van der Waals surface area (Å²) in [6, 6.07) is 6.16. The van der Waals surface area contributed by atoms with Gasteiger partial charge in [0.2, 0.25) is 0 Å². The fourth-order valence-corrected chi connectivity index (χ4v) is 1.24. The molecule has 3 heteroatoms. The topological polar surface area (TPSA) is 38.0 Å². The summed E-state index contributed by atoms with van der Waals surface area (Å²) in [5.74, 6) is -0.233. The number of nitrogens with one attached hydrogen (secondary N) is 1. The monoisotopic (exact) mass is 196 g/mol. The van der Waals surface area contributed by atoms with E-state index in [4.69, 9.17) is 5.73 Å². The van der Waals surface area contributed by atoms with E-state index in [0.29, 0.717) is 0 Å². The van der Waals surface area contributed by atoms with Crippen LogP contribution in [-0.2, 0) is 0 Å². The second-order valence-corrected chi connectivity index (χ2v) is 4.00. The molecule has 0 saturated carbocycles. The lowest BCUT2D eigenvalue weighted by Crippen LogP contribution is -2.46. The highest BCUT2D eigenvalue weighted by Gasteiger charge is 2.25. The molecule has 0 aliphatic rings. The molecule has 0 aliphatic carbocycles. The van der Waals surface area contributed by atoms with E-state index in [1.54, 1.807) is 12.1 Å². The quantitative estimate of drug-likeness (QED) is 0.774. The molecule has 3 N–H and O–H groups in total. The Labute approximate surface area is 84.3 Å². The van der Waals surface area contributed by atoms with Crippen LogP contribution in [0.3, 0.4) is 0 Å². The number of likely N-dealkylation sites (N-methyl/N-ethyl adjacent to an activating group) is 1. The van der Waals surface area contributed by atoms with Crippen LogP contribution in [0.5, 0.6) is 0 Å². The van der Waals surface area contributed by atoms with Crippen molar-refractivity contribution in [1.29, 1.82) is 0 Å². The molecule has 14 heavy (non-hydrogen) atoms. The Balaban J connectivity index is 2.89. The maximum Gasteiger partial charge on any atom is 0.123 e. The van der Waals surface area contributed by atoms with Gasteiger partial charge in [-0.3, -0.25) is 0 Å². The normalized spacial score (nSPS) is 14.1. The first kappa shape index (κ1) is 11.1. The number of nitrogens with two attached hydrogens (primary N) is 1. The molecular weight excluding hydrogens is 179 g/mol. The van der Waals surface area contributed by atoms with Crippen LogP contribution in [0.15, 0.2) is 24.3 Å². The molecule has 0 aliphatic heterocycles. The van der Waals surface area contributed by atoms with Crippen molar-refractivity contribution in [2.24, 2.45) is 5.73 Å². The molecule has 0 spiro atoms. The standard InChI is InChI=1S/C11H17FN2/c1-11(2,14-3)10(13)8-4-6-9(12)7-5-8/h4-7,10,14H,13H2,1-3H3. The number of rotatable bonds is 3. The van der Waals surface area contributed by atoms with Crippen LogP contribution in [-0.4, -0.2) is 12.6 Å². The molecular formula is C11H17FN2. The van der Waals surface area contributed by atoms with Gasteiger partial charge in [-0.25, -0.2) is 4.39 Å². The third kappa shape index (κ3) is 2.30. The zero-order valence-electron chi connectivity index (χ0n) is 8.84. The molecule has 0 fully saturated rings. The lowest BCUT2D eigenvalue weighted by molar-refractivity contribution is 0.348. The second kappa shape index (κ2) is 4.07. The number of benzene rings is 1. The number of halogens is 1. The van der Waals surface area contributed by atoms with Crippen LogP contribution in [0.4, 0.5) is 4.39 Å². The molecule has 78 valence electrons. The summed E-state index contributed by atoms with van der Waals surface area (Å²) in [6.45, 7) is 4.03. The van der Waals surface area contributed by atoms with Gasteiger partial charge < -0.3 is 11.1 Å².